The molecule has 1 amide bonds. The molecule has 0 aromatic heterocycles. The van der Waals surface area contributed by atoms with Crippen molar-refractivity contribution in [3.8, 4) is 0 Å². The smallest absolute Gasteiger partial charge is 0.219 e. The van der Waals surface area contributed by atoms with Crippen LogP contribution in [0, 0.1) is 12.7 Å². The van der Waals surface area contributed by atoms with Gasteiger partial charge in [0.25, 0.3) is 0 Å². The van der Waals surface area contributed by atoms with Gasteiger partial charge in [-0.3, -0.25) is 4.79 Å². The molecule has 4 heteroatoms. The molecule has 0 radical (unpaired) electrons. The van der Waals surface area contributed by atoms with Crippen LogP contribution in [-0.4, -0.2) is 5.91 Å². The summed E-state index contributed by atoms with van der Waals surface area (Å²) in [4.78, 5) is 10.6. The van der Waals surface area contributed by atoms with Gasteiger partial charge in [-0.2, -0.15) is 0 Å². The molecule has 0 aliphatic carbocycles. The molecule has 0 spiro atoms. The third-order valence-corrected chi connectivity index (χ3v) is 1.91. The Hall–Kier alpha value is -1.42. The highest BCUT2D eigenvalue weighted by molar-refractivity contribution is 5.74. The Bertz CT molecular complexity index is 332. The van der Waals surface area contributed by atoms with Gasteiger partial charge in [-0.1, -0.05) is 6.07 Å². The molecular weight excluding hydrogens is 183 g/mol. The van der Waals surface area contributed by atoms with E-state index in [0.717, 1.165) is 5.56 Å². The summed E-state index contributed by atoms with van der Waals surface area (Å²) in [6, 6.07) is 3.94. The van der Waals surface area contributed by atoms with Crippen LogP contribution in [0.15, 0.2) is 18.2 Å². The van der Waals surface area contributed by atoms with Crippen LogP contribution >= 0.6 is 0 Å². The molecular formula is C10H13FN2O. The maximum Gasteiger partial charge on any atom is 0.219 e. The fourth-order valence-electron chi connectivity index (χ4n) is 1.31. The molecule has 0 fully saturated rings. The van der Waals surface area contributed by atoms with Crippen LogP contribution in [0.2, 0.25) is 0 Å². The number of hydrogen-bond acceptors (Lipinski definition) is 2. The molecule has 1 aromatic rings. The number of carbonyl (C=O) groups is 1. The summed E-state index contributed by atoms with van der Waals surface area (Å²) in [5, 5.41) is 0. The maximum atomic E-state index is 13.0. The number of amides is 1. The topological polar surface area (TPSA) is 69.1 Å². The molecule has 0 bridgehead atoms. The highest BCUT2D eigenvalue weighted by Crippen LogP contribution is 2.16. The molecule has 0 saturated carbocycles. The van der Waals surface area contributed by atoms with E-state index in [4.69, 9.17) is 11.5 Å². The zero-order valence-corrected chi connectivity index (χ0v) is 7.96. The van der Waals surface area contributed by atoms with E-state index in [2.05, 4.69) is 0 Å². The van der Waals surface area contributed by atoms with Gasteiger partial charge >= 0.3 is 0 Å². The standard InChI is InChI=1S/C10H13FN2O/c1-6-2-7(4-8(11)3-6)9(12)5-10(13)14/h2-4,9H,5,12H2,1H3,(H2,13,14). The molecule has 0 saturated heterocycles. The van der Waals surface area contributed by atoms with Crippen LogP contribution in [0.4, 0.5) is 4.39 Å². The zero-order valence-electron chi connectivity index (χ0n) is 7.96. The third-order valence-electron chi connectivity index (χ3n) is 1.91. The first kappa shape index (κ1) is 10.7. The minimum absolute atomic E-state index is 0.0306. The van der Waals surface area contributed by atoms with Crippen LogP contribution < -0.4 is 11.5 Å². The molecule has 1 aromatic carbocycles. The summed E-state index contributed by atoms with van der Waals surface area (Å²) in [7, 11) is 0. The zero-order chi connectivity index (χ0) is 10.7. The first-order valence-electron chi connectivity index (χ1n) is 4.30. The van der Waals surface area contributed by atoms with E-state index in [9.17, 15) is 9.18 Å². The van der Waals surface area contributed by atoms with Crippen molar-refractivity contribution in [1.82, 2.24) is 0 Å². The minimum atomic E-state index is -0.526. The van der Waals surface area contributed by atoms with Crippen LogP contribution in [0.1, 0.15) is 23.6 Å². The Kier molecular flexibility index (Phi) is 3.19. The molecule has 1 atom stereocenters. The lowest BCUT2D eigenvalue weighted by molar-refractivity contribution is -0.118. The van der Waals surface area contributed by atoms with Gasteiger partial charge in [0.15, 0.2) is 0 Å². The van der Waals surface area contributed by atoms with Crippen molar-refractivity contribution in [2.75, 3.05) is 0 Å². The van der Waals surface area contributed by atoms with E-state index in [1.807, 2.05) is 0 Å². The minimum Gasteiger partial charge on any atom is -0.370 e. The second kappa shape index (κ2) is 4.19. The normalized spacial score (nSPS) is 12.5. The molecule has 76 valence electrons. The molecule has 1 rings (SSSR count). The molecule has 0 heterocycles. The van der Waals surface area contributed by atoms with Gasteiger partial charge in [0.05, 0.1) is 0 Å². The van der Waals surface area contributed by atoms with E-state index < -0.39 is 11.9 Å². The van der Waals surface area contributed by atoms with Gasteiger partial charge < -0.3 is 11.5 Å². The molecule has 4 N–H and O–H groups in total. The molecule has 1 unspecified atom stereocenters. The predicted octanol–water partition coefficient (Wildman–Crippen LogP) is 1.01. The van der Waals surface area contributed by atoms with Crippen LogP contribution in [0.5, 0.6) is 0 Å². The number of nitrogens with two attached hydrogens (primary N) is 2. The fourth-order valence-corrected chi connectivity index (χ4v) is 1.31. The number of aryl methyl sites for hydroxylation is 1. The maximum absolute atomic E-state index is 13.0. The summed E-state index contributed by atoms with van der Waals surface area (Å²) in [6.45, 7) is 1.77. The van der Waals surface area contributed by atoms with Crippen LogP contribution in [0.25, 0.3) is 0 Å². The van der Waals surface area contributed by atoms with Crippen molar-refractivity contribution in [2.24, 2.45) is 11.5 Å². The van der Waals surface area contributed by atoms with Gasteiger partial charge in [-0.25, -0.2) is 4.39 Å². The van der Waals surface area contributed by atoms with Crippen LogP contribution in [0.3, 0.4) is 0 Å². The lowest BCUT2D eigenvalue weighted by atomic mass is 10.0. The molecule has 0 aliphatic rings. The summed E-state index contributed by atoms with van der Waals surface area (Å²) in [6.07, 6.45) is 0.0306. The van der Waals surface area contributed by atoms with Gasteiger partial charge in [-0.05, 0) is 30.2 Å². The Balaban J connectivity index is 2.89. The average molecular weight is 196 g/mol. The average Bonchev–Trinajstić information content (AvgIpc) is 2.00. The first-order chi connectivity index (χ1) is 6.49. The fraction of sp³-hybridized carbons (Fsp3) is 0.300. The van der Waals surface area contributed by atoms with Gasteiger partial charge in [0.2, 0.25) is 5.91 Å². The second-order valence-electron chi connectivity index (χ2n) is 3.34. The lowest BCUT2D eigenvalue weighted by Crippen LogP contribution is -2.20. The molecule has 14 heavy (non-hydrogen) atoms. The van der Waals surface area contributed by atoms with E-state index in [-0.39, 0.29) is 12.2 Å². The number of benzene rings is 1. The number of rotatable bonds is 3. The van der Waals surface area contributed by atoms with Crippen molar-refractivity contribution in [3.05, 3.63) is 35.1 Å². The summed E-state index contributed by atoms with van der Waals surface area (Å²) in [5.41, 5.74) is 12.0. The SMILES string of the molecule is Cc1cc(F)cc(C(N)CC(N)=O)c1. The number of halogens is 1. The van der Waals surface area contributed by atoms with Crippen molar-refractivity contribution >= 4 is 5.91 Å². The predicted molar refractivity (Wildman–Crippen MR) is 51.9 cm³/mol. The summed E-state index contributed by atoms with van der Waals surface area (Å²) in [5.74, 6) is -0.834. The van der Waals surface area contributed by atoms with Gasteiger partial charge in [-0.15, -0.1) is 0 Å². The number of carbonyl (C=O) groups excluding carboxylic acids is 1. The first-order valence-corrected chi connectivity index (χ1v) is 4.30. The van der Waals surface area contributed by atoms with E-state index in [1.54, 1.807) is 13.0 Å². The largest absolute Gasteiger partial charge is 0.370 e. The van der Waals surface area contributed by atoms with Crippen molar-refractivity contribution in [2.45, 2.75) is 19.4 Å². The van der Waals surface area contributed by atoms with E-state index in [1.165, 1.54) is 12.1 Å². The van der Waals surface area contributed by atoms with E-state index >= 15 is 0 Å². The molecule has 0 aliphatic heterocycles. The quantitative estimate of drug-likeness (QED) is 0.757. The Labute approximate surface area is 81.9 Å². The summed E-state index contributed by atoms with van der Waals surface area (Å²) >= 11 is 0. The van der Waals surface area contributed by atoms with Crippen molar-refractivity contribution in [3.63, 3.8) is 0 Å². The third kappa shape index (κ3) is 2.81. The van der Waals surface area contributed by atoms with Crippen molar-refractivity contribution in [1.29, 1.82) is 0 Å². The summed E-state index contributed by atoms with van der Waals surface area (Å²) < 4.78 is 13.0. The Morgan fingerprint density at radius 3 is 2.64 bits per heavy atom. The highest BCUT2D eigenvalue weighted by Gasteiger charge is 2.10. The number of hydrogen-bond donors (Lipinski definition) is 2. The monoisotopic (exact) mass is 196 g/mol. The van der Waals surface area contributed by atoms with Gasteiger partial charge in [0.1, 0.15) is 5.82 Å². The second-order valence-corrected chi connectivity index (χ2v) is 3.34. The van der Waals surface area contributed by atoms with E-state index in [0.29, 0.717) is 5.56 Å². The molecule has 3 nitrogen and oxygen atoms in total. The lowest BCUT2D eigenvalue weighted by Gasteiger charge is -2.10. The van der Waals surface area contributed by atoms with Crippen molar-refractivity contribution < 1.29 is 9.18 Å². The Morgan fingerprint density at radius 2 is 2.14 bits per heavy atom. The van der Waals surface area contributed by atoms with Crippen LogP contribution in [-0.2, 0) is 4.79 Å². The van der Waals surface area contributed by atoms with Gasteiger partial charge in [0, 0.05) is 12.5 Å². The highest BCUT2D eigenvalue weighted by atomic mass is 19.1. The number of primary amides is 1. The Morgan fingerprint density at radius 1 is 1.50 bits per heavy atom.